The van der Waals surface area contributed by atoms with Crippen LogP contribution < -0.4 is 9.47 Å². The van der Waals surface area contributed by atoms with E-state index in [1.54, 1.807) is 30.3 Å². The van der Waals surface area contributed by atoms with E-state index in [9.17, 15) is 14.0 Å². The van der Waals surface area contributed by atoms with Crippen LogP contribution in [-0.2, 0) is 14.3 Å². The molecule has 138 valence electrons. The van der Waals surface area contributed by atoms with Gasteiger partial charge in [0, 0.05) is 11.6 Å². The highest BCUT2D eigenvalue weighted by Crippen LogP contribution is 2.27. The van der Waals surface area contributed by atoms with Gasteiger partial charge in [-0.25, -0.2) is 14.0 Å². The maximum Gasteiger partial charge on any atom is 0.338 e. The molecule has 6 heteroatoms. The summed E-state index contributed by atoms with van der Waals surface area (Å²) < 4.78 is 29.0. The number of hydrogen-bond donors (Lipinski definition) is 0. The summed E-state index contributed by atoms with van der Waals surface area (Å²) in [5.74, 6) is -1.42. The summed E-state index contributed by atoms with van der Waals surface area (Å²) in [7, 11) is 0. The van der Waals surface area contributed by atoms with Gasteiger partial charge in [-0.2, -0.15) is 0 Å². The molecule has 0 radical (unpaired) electrons. The van der Waals surface area contributed by atoms with Gasteiger partial charge in [-0.1, -0.05) is 31.4 Å². The van der Waals surface area contributed by atoms with Gasteiger partial charge in [-0.3, -0.25) is 0 Å². The van der Waals surface area contributed by atoms with Crippen LogP contribution in [0.25, 0.3) is 11.1 Å². The number of halogens is 1. The largest absolute Gasteiger partial charge is 0.459 e. The SMILES string of the molecule is C=CC(=O)Oc1ccc(-c2ccc(OC=COC(=O)C(=C)C)c(F)c2)cc1. The van der Waals surface area contributed by atoms with E-state index >= 15 is 0 Å². The minimum Gasteiger partial charge on any atom is -0.459 e. The van der Waals surface area contributed by atoms with E-state index in [0.717, 1.165) is 24.2 Å². The summed E-state index contributed by atoms with van der Waals surface area (Å²) in [6.07, 6.45) is 3.13. The van der Waals surface area contributed by atoms with E-state index in [1.165, 1.54) is 19.1 Å². The standard InChI is InChI=1S/C21H17FO5/c1-4-20(23)27-17-8-5-15(6-9-17)16-7-10-19(18(22)13-16)25-11-12-26-21(24)14(2)3/h4-13H,1-2H2,3H3. The molecule has 0 bridgehead atoms. The Morgan fingerprint density at radius 3 is 2.30 bits per heavy atom. The number of esters is 2. The van der Waals surface area contributed by atoms with Gasteiger partial charge in [-0.15, -0.1) is 0 Å². The smallest absolute Gasteiger partial charge is 0.338 e. The highest BCUT2D eigenvalue weighted by atomic mass is 19.1. The molecule has 2 aromatic rings. The first kappa shape index (κ1) is 19.7. The van der Waals surface area contributed by atoms with Gasteiger partial charge in [0.05, 0.1) is 0 Å². The van der Waals surface area contributed by atoms with E-state index in [2.05, 4.69) is 13.2 Å². The van der Waals surface area contributed by atoms with E-state index < -0.39 is 17.8 Å². The zero-order valence-corrected chi connectivity index (χ0v) is 14.6. The van der Waals surface area contributed by atoms with Gasteiger partial charge in [-0.05, 0) is 42.3 Å². The Bertz CT molecular complexity index is 897. The first-order valence-electron chi connectivity index (χ1n) is 7.83. The molecule has 5 nitrogen and oxygen atoms in total. The summed E-state index contributed by atoms with van der Waals surface area (Å²) in [6, 6.07) is 11.0. The van der Waals surface area contributed by atoms with Gasteiger partial charge in [0.1, 0.15) is 18.3 Å². The van der Waals surface area contributed by atoms with Crippen molar-refractivity contribution in [2.24, 2.45) is 0 Å². The number of rotatable bonds is 7. The van der Waals surface area contributed by atoms with Crippen molar-refractivity contribution in [3.8, 4) is 22.6 Å². The van der Waals surface area contributed by atoms with E-state index in [1.807, 2.05) is 0 Å². The van der Waals surface area contributed by atoms with Crippen molar-refractivity contribution < 1.29 is 28.2 Å². The Morgan fingerprint density at radius 1 is 1.04 bits per heavy atom. The van der Waals surface area contributed by atoms with Gasteiger partial charge >= 0.3 is 11.9 Å². The van der Waals surface area contributed by atoms with Gasteiger partial charge < -0.3 is 14.2 Å². The van der Waals surface area contributed by atoms with Crippen molar-refractivity contribution in [2.75, 3.05) is 0 Å². The van der Waals surface area contributed by atoms with Crippen LogP contribution in [0.5, 0.6) is 11.5 Å². The third kappa shape index (κ3) is 5.67. The zero-order chi connectivity index (χ0) is 19.8. The molecule has 0 aliphatic heterocycles. The van der Waals surface area contributed by atoms with Crippen molar-refractivity contribution in [3.63, 3.8) is 0 Å². The predicted molar refractivity (Wildman–Crippen MR) is 98.3 cm³/mol. The molecule has 0 heterocycles. The molecule has 2 rings (SSSR count). The number of carbonyl (C=O) groups excluding carboxylic acids is 2. The molecular weight excluding hydrogens is 351 g/mol. The Hall–Kier alpha value is -3.67. The van der Waals surface area contributed by atoms with Gasteiger partial charge in [0.15, 0.2) is 11.6 Å². The summed E-state index contributed by atoms with van der Waals surface area (Å²) >= 11 is 0. The van der Waals surface area contributed by atoms with Crippen LogP contribution in [0.2, 0.25) is 0 Å². The van der Waals surface area contributed by atoms with Crippen molar-refractivity contribution in [2.45, 2.75) is 6.92 Å². The molecule has 0 unspecified atom stereocenters. The first-order chi connectivity index (χ1) is 12.9. The maximum atomic E-state index is 14.2. The molecule has 0 spiro atoms. The normalized spacial score (nSPS) is 10.3. The molecular formula is C21H17FO5. The Balaban J connectivity index is 2.04. The Kier molecular flexibility index (Phi) is 6.66. The summed E-state index contributed by atoms with van der Waals surface area (Å²) in [6.45, 7) is 8.26. The molecule has 0 aromatic heterocycles. The quantitative estimate of drug-likeness (QED) is 0.310. The molecule has 0 aliphatic rings. The van der Waals surface area contributed by atoms with Crippen LogP contribution in [0, 0.1) is 5.82 Å². The molecule has 0 fully saturated rings. The van der Waals surface area contributed by atoms with Gasteiger partial charge in [0.25, 0.3) is 0 Å². The molecule has 27 heavy (non-hydrogen) atoms. The predicted octanol–water partition coefficient (Wildman–Crippen LogP) is 4.55. The third-order valence-corrected chi connectivity index (χ3v) is 3.28. The Morgan fingerprint density at radius 2 is 1.70 bits per heavy atom. The Labute approximate surface area is 156 Å². The second kappa shape index (κ2) is 9.15. The molecule has 0 saturated heterocycles. The molecule has 0 N–H and O–H groups in total. The maximum absolute atomic E-state index is 14.2. The molecule has 0 saturated carbocycles. The van der Waals surface area contributed by atoms with E-state index in [-0.39, 0.29) is 11.3 Å². The second-order valence-electron chi connectivity index (χ2n) is 5.37. The number of hydrogen-bond acceptors (Lipinski definition) is 5. The van der Waals surface area contributed by atoms with Crippen LogP contribution in [0.3, 0.4) is 0 Å². The third-order valence-electron chi connectivity index (χ3n) is 3.28. The fourth-order valence-electron chi connectivity index (χ4n) is 1.94. The highest BCUT2D eigenvalue weighted by Gasteiger charge is 2.07. The fraction of sp³-hybridized carbons (Fsp3) is 0.0476. The van der Waals surface area contributed by atoms with Gasteiger partial charge in [0.2, 0.25) is 0 Å². The molecule has 0 aliphatic carbocycles. The highest BCUT2D eigenvalue weighted by molar-refractivity contribution is 5.87. The molecule has 0 amide bonds. The van der Waals surface area contributed by atoms with E-state index in [4.69, 9.17) is 14.2 Å². The first-order valence-corrected chi connectivity index (χ1v) is 7.83. The number of ether oxygens (including phenoxy) is 3. The lowest BCUT2D eigenvalue weighted by atomic mass is 10.1. The second-order valence-corrected chi connectivity index (χ2v) is 5.37. The average molecular weight is 368 g/mol. The van der Waals surface area contributed by atoms with Crippen molar-refractivity contribution in [3.05, 3.63) is 85.6 Å². The van der Waals surface area contributed by atoms with Crippen LogP contribution in [0.4, 0.5) is 4.39 Å². The summed E-state index contributed by atoms with van der Waals surface area (Å²) in [5, 5.41) is 0. The zero-order valence-electron chi connectivity index (χ0n) is 14.6. The van der Waals surface area contributed by atoms with E-state index in [0.29, 0.717) is 11.3 Å². The van der Waals surface area contributed by atoms with Crippen LogP contribution in [-0.4, -0.2) is 11.9 Å². The summed E-state index contributed by atoms with van der Waals surface area (Å²) in [4.78, 5) is 22.3. The lowest BCUT2D eigenvalue weighted by Crippen LogP contribution is -2.02. The molecule has 2 aromatic carbocycles. The number of benzene rings is 2. The van der Waals surface area contributed by atoms with Crippen molar-refractivity contribution in [1.29, 1.82) is 0 Å². The van der Waals surface area contributed by atoms with Crippen LogP contribution in [0.1, 0.15) is 6.92 Å². The lowest BCUT2D eigenvalue weighted by Gasteiger charge is -2.07. The summed E-state index contributed by atoms with van der Waals surface area (Å²) in [5.41, 5.74) is 1.57. The van der Waals surface area contributed by atoms with Crippen LogP contribution in [0.15, 0.2) is 79.8 Å². The topological polar surface area (TPSA) is 61.8 Å². The monoisotopic (exact) mass is 368 g/mol. The lowest BCUT2D eigenvalue weighted by molar-refractivity contribution is -0.133. The number of carbonyl (C=O) groups is 2. The van der Waals surface area contributed by atoms with Crippen molar-refractivity contribution in [1.82, 2.24) is 0 Å². The van der Waals surface area contributed by atoms with Crippen molar-refractivity contribution >= 4 is 11.9 Å². The average Bonchev–Trinajstić information content (AvgIpc) is 2.66. The molecule has 0 atom stereocenters. The minimum absolute atomic E-state index is 0.0297. The van der Waals surface area contributed by atoms with Crippen LogP contribution >= 0.6 is 0 Å². The fourth-order valence-corrected chi connectivity index (χ4v) is 1.94. The minimum atomic E-state index is -0.604.